The standard InChI is InChI=1S/C14H14N6O/c1-2-19-10-7-13(18-19)14(21)17-11-3-5-12(6-4-11)20-15-8-9-16-20/h3-10H,2H2,1H3,(H,17,21). The molecule has 0 saturated carbocycles. The zero-order valence-corrected chi connectivity index (χ0v) is 11.5. The molecular weight excluding hydrogens is 268 g/mol. The molecule has 0 aliphatic rings. The summed E-state index contributed by atoms with van der Waals surface area (Å²) in [5, 5.41) is 15.1. The Labute approximate surface area is 121 Å². The van der Waals surface area contributed by atoms with Gasteiger partial charge in [0, 0.05) is 18.4 Å². The van der Waals surface area contributed by atoms with Crippen LogP contribution in [0.4, 0.5) is 5.69 Å². The van der Waals surface area contributed by atoms with Gasteiger partial charge in [-0.25, -0.2) is 0 Å². The number of rotatable bonds is 4. The Kier molecular flexibility index (Phi) is 3.46. The molecule has 106 valence electrons. The van der Waals surface area contributed by atoms with Crippen molar-refractivity contribution in [3.8, 4) is 5.69 Å². The lowest BCUT2D eigenvalue weighted by Gasteiger charge is -2.04. The first kappa shape index (κ1) is 13.0. The minimum absolute atomic E-state index is 0.229. The van der Waals surface area contributed by atoms with Crippen LogP contribution < -0.4 is 5.32 Å². The summed E-state index contributed by atoms with van der Waals surface area (Å²) in [7, 11) is 0. The highest BCUT2D eigenvalue weighted by molar-refractivity contribution is 6.02. The molecule has 0 radical (unpaired) electrons. The van der Waals surface area contributed by atoms with Crippen molar-refractivity contribution in [3.05, 3.63) is 54.6 Å². The average molecular weight is 282 g/mol. The van der Waals surface area contributed by atoms with Gasteiger partial charge in [-0.3, -0.25) is 9.48 Å². The molecule has 0 aliphatic heterocycles. The molecule has 2 aromatic heterocycles. The van der Waals surface area contributed by atoms with Crippen molar-refractivity contribution in [2.24, 2.45) is 0 Å². The lowest BCUT2D eigenvalue weighted by atomic mass is 10.2. The van der Waals surface area contributed by atoms with Crippen molar-refractivity contribution in [2.75, 3.05) is 5.32 Å². The molecule has 0 aliphatic carbocycles. The second-order valence-corrected chi connectivity index (χ2v) is 4.38. The zero-order valence-electron chi connectivity index (χ0n) is 11.5. The van der Waals surface area contributed by atoms with Gasteiger partial charge in [0.15, 0.2) is 5.69 Å². The van der Waals surface area contributed by atoms with E-state index < -0.39 is 0 Å². The molecular formula is C14H14N6O. The van der Waals surface area contributed by atoms with Gasteiger partial charge < -0.3 is 5.32 Å². The number of nitrogens with one attached hydrogen (secondary N) is 1. The number of hydrogen-bond acceptors (Lipinski definition) is 4. The number of aryl methyl sites for hydroxylation is 1. The van der Waals surface area contributed by atoms with Crippen molar-refractivity contribution in [2.45, 2.75) is 13.5 Å². The van der Waals surface area contributed by atoms with Crippen LogP contribution in [0.5, 0.6) is 0 Å². The summed E-state index contributed by atoms with van der Waals surface area (Å²) in [5.74, 6) is -0.229. The lowest BCUT2D eigenvalue weighted by molar-refractivity contribution is 0.102. The minimum Gasteiger partial charge on any atom is -0.321 e. The van der Waals surface area contributed by atoms with Gasteiger partial charge in [-0.15, -0.1) is 0 Å². The number of carbonyl (C=O) groups excluding carboxylic acids is 1. The first-order valence-corrected chi connectivity index (χ1v) is 6.58. The number of hydrogen-bond donors (Lipinski definition) is 1. The number of amides is 1. The van der Waals surface area contributed by atoms with E-state index in [1.165, 1.54) is 4.80 Å². The van der Waals surface area contributed by atoms with Crippen molar-refractivity contribution in [3.63, 3.8) is 0 Å². The van der Waals surface area contributed by atoms with Crippen LogP contribution in [0, 0.1) is 0 Å². The molecule has 0 atom stereocenters. The molecule has 7 heteroatoms. The molecule has 0 fully saturated rings. The van der Waals surface area contributed by atoms with E-state index in [0.29, 0.717) is 11.4 Å². The van der Waals surface area contributed by atoms with Gasteiger partial charge in [0.1, 0.15) is 0 Å². The molecule has 1 amide bonds. The molecule has 3 aromatic rings. The first-order chi connectivity index (χ1) is 10.3. The maximum atomic E-state index is 12.0. The van der Waals surface area contributed by atoms with Crippen LogP contribution in [-0.4, -0.2) is 30.7 Å². The van der Waals surface area contributed by atoms with Gasteiger partial charge in [0.2, 0.25) is 0 Å². The summed E-state index contributed by atoms with van der Waals surface area (Å²) in [4.78, 5) is 13.5. The highest BCUT2D eigenvalue weighted by Crippen LogP contribution is 2.12. The molecule has 0 bridgehead atoms. The van der Waals surface area contributed by atoms with Crippen LogP contribution in [0.3, 0.4) is 0 Å². The Hall–Kier alpha value is -2.96. The van der Waals surface area contributed by atoms with Gasteiger partial charge in [-0.2, -0.15) is 20.1 Å². The molecule has 7 nitrogen and oxygen atoms in total. The summed E-state index contributed by atoms with van der Waals surface area (Å²) < 4.78 is 1.71. The number of aromatic nitrogens is 5. The summed E-state index contributed by atoms with van der Waals surface area (Å²) in [5.41, 5.74) is 1.92. The Morgan fingerprint density at radius 1 is 1.14 bits per heavy atom. The van der Waals surface area contributed by atoms with E-state index in [1.807, 2.05) is 19.1 Å². The van der Waals surface area contributed by atoms with Crippen LogP contribution in [0.15, 0.2) is 48.9 Å². The zero-order chi connectivity index (χ0) is 14.7. The number of carbonyl (C=O) groups is 1. The van der Waals surface area contributed by atoms with Crippen LogP contribution in [-0.2, 0) is 6.54 Å². The normalized spacial score (nSPS) is 10.5. The highest BCUT2D eigenvalue weighted by atomic mass is 16.1. The smallest absolute Gasteiger partial charge is 0.276 e. The molecule has 0 unspecified atom stereocenters. The van der Waals surface area contributed by atoms with E-state index in [2.05, 4.69) is 20.6 Å². The van der Waals surface area contributed by atoms with Crippen LogP contribution in [0.2, 0.25) is 0 Å². The number of benzene rings is 1. The second-order valence-electron chi connectivity index (χ2n) is 4.38. The third-order valence-electron chi connectivity index (χ3n) is 2.97. The van der Waals surface area contributed by atoms with Crippen LogP contribution in [0.1, 0.15) is 17.4 Å². The molecule has 1 aromatic carbocycles. The third kappa shape index (κ3) is 2.81. The van der Waals surface area contributed by atoms with Gasteiger partial charge in [0.25, 0.3) is 5.91 Å². The van der Waals surface area contributed by atoms with Crippen LogP contribution >= 0.6 is 0 Å². The maximum Gasteiger partial charge on any atom is 0.276 e. The predicted molar refractivity (Wildman–Crippen MR) is 77.2 cm³/mol. The Balaban J connectivity index is 1.71. The highest BCUT2D eigenvalue weighted by Gasteiger charge is 2.09. The Bertz CT molecular complexity index is 729. The van der Waals surface area contributed by atoms with Gasteiger partial charge in [-0.05, 0) is 37.3 Å². The second kappa shape index (κ2) is 5.58. The average Bonchev–Trinajstić information content (AvgIpc) is 3.19. The Morgan fingerprint density at radius 3 is 2.48 bits per heavy atom. The van der Waals surface area contributed by atoms with Gasteiger partial charge >= 0.3 is 0 Å². The quantitative estimate of drug-likeness (QED) is 0.790. The lowest BCUT2D eigenvalue weighted by Crippen LogP contribution is -2.13. The molecule has 21 heavy (non-hydrogen) atoms. The van der Waals surface area contributed by atoms with Crippen molar-refractivity contribution < 1.29 is 4.79 Å². The molecule has 0 saturated heterocycles. The van der Waals surface area contributed by atoms with Gasteiger partial charge in [0.05, 0.1) is 18.1 Å². The van der Waals surface area contributed by atoms with E-state index >= 15 is 0 Å². The minimum atomic E-state index is -0.229. The number of anilines is 1. The fourth-order valence-electron chi connectivity index (χ4n) is 1.88. The largest absolute Gasteiger partial charge is 0.321 e. The topological polar surface area (TPSA) is 77.6 Å². The van der Waals surface area contributed by atoms with Crippen molar-refractivity contribution >= 4 is 11.6 Å². The number of nitrogens with zero attached hydrogens (tertiary/aromatic N) is 5. The van der Waals surface area contributed by atoms with Crippen LogP contribution in [0.25, 0.3) is 5.69 Å². The molecule has 1 N–H and O–H groups in total. The first-order valence-electron chi connectivity index (χ1n) is 6.58. The molecule has 0 spiro atoms. The summed E-state index contributed by atoms with van der Waals surface area (Å²) in [6.07, 6.45) is 5.00. The van der Waals surface area contributed by atoms with Crippen molar-refractivity contribution in [1.82, 2.24) is 24.8 Å². The fraction of sp³-hybridized carbons (Fsp3) is 0.143. The summed E-state index contributed by atoms with van der Waals surface area (Å²) >= 11 is 0. The monoisotopic (exact) mass is 282 g/mol. The SMILES string of the molecule is CCn1ccc(C(=O)Nc2ccc(-n3nccn3)cc2)n1. The molecule has 3 rings (SSSR count). The van der Waals surface area contributed by atoms with Crippen molar-refractivity contribution in [1.29, 1.82) is 0 Å². The van der Waals surface area contributed by atoms with Gasteiger partial charge in [-0.1, -0.05) is 0 Å². The molecule has 2 heterocycles. The predicted octanol–water partition coefficient (Wildman–Crippen LogP) is 1.74. The van der Waals surface area contributed by atoms with E-state index in [1.54, 1.807) is 41.5 Å². The fourth-order valence-corrected chi connectivity index (χ4v) is 1.88. The summed E-state index contributed by atoms with van der Waals surface area (Å²) in [6.45, 7) is 2.70. The Morgan fingerprint density at radius 2 is 1.86 bits per heavy atom. The maximum absolute atomic E-state index is 12.0. The summed E-state index contributed by atoms with van der Waals surface area (Å²) in [6, 6.07) is 8.96. The third-order valence-corrected chi connectivity index (χ3v) is 2.97. The van der Waals surface area contributed by atoms with E-state index in [0.717, 1.165) is 12.2 Å². The van der Waals surface area contributed by atoms with E-state index in [-0.39, 0.29) is 5.91 Å². The van der Waals surface area contributed by atoms with E-state index in [4.69, 9.17) is 0 Å². The van der Waals surface area contributed by atoms with E-state index in [9.17, 15) is 4.79 Å².